The van der Waals surface area contributed by atoms with Crippen LogP contribution in [0.2, 0.25) is 5.02 Å². The molecule has 0 aliphatic rings. The number of halogens is 1. The second-order valence-corrected chi connectivity index (χ2v) is 6.58. The largest absolute Gasteiger partial charge is 0.356 e. The van der Waals surface area contributed by atoms with Gasteiger partial charge in [-0.25, -0.2) is 0 Å². The molecule has 0 saturated heterocycles. The number of hydrogen-bond acceptors (Lipinski definition) is 3. The Labute approximate surface area is 150 Å². The topological polar surface area (TPSA) is 52.7 Å². The summed E-state index contributed by atoms with van der Waals surface area (Å²) in [5.41, 5.74) is 1.09. The first-order valence-electron chi connectivity index (χ1n) is 8.30. The Morgan fingerprint density at radius 1 is 1.17 bits per heavy atom. The molecule has 1 aromatic rings. The second kappa shape index (κ2) is 11.0. The number of nitrogens with zero attached hydrogens (tertiary/aromatic N) is 2. The van der Waals surface area contributed by atoms with Crippen molar-refractivity contribution >= 4 is 23.4 Å². The summed E-state index contributed by atoms with van der Waals surface area (Å²) in [4.78, 5) is 27.4. The molecule has 0 saturated carbocycles. The molecule has 6 heteroatoms. The SMILES string of the molecule is CC(=O)N(CCC(=O)NCCCN(C)C)CCc1cccc(Cl)c1. The van der Waals surface area contributed by atoms with Gasteiger partial charge in [0, 0.05) is 38.0 Å². The molecular weight excluding hydrogens is 326 g/mol. The molecule has 0 unspecified atom stereocenters. The van der Waals surface area contributed by atoms with Crippen LogP contribution in [0, 0.1) is 0 Å². The predicted octanol–water partition coefficient (Wildman–Crippen LogP) is 2.19. The zero-order valence-corrected chi connectivity index (χ0v) is 15.6. The molecule has 1 rings (SSSR count). The van der Waals surface area contributed by atoms with Crippen molar-refractivity contribution in [2.75, 3.05) is 40.3 Å². The molecule has 0 atom stereocenters. The number of amides is 2. The molecule has 0 radical (unpaired) electrons. The van der Waals surface area contributed by atoms with Crippen molar-refractivity contribution in [3.8, 4) is 0 Å². The molecule has 134 valence electrons. The van der Waals surface area contributed by atoms with Crippen LogP contribution < -0.4 is 5.32 Å². The number of carbonyl (C=O) groups excluding carboxylic acids is 2. The average Bonchev–Trinajstić information content (AvgIpc) is 2.51. The van der Waals surface area contributed by atoms with Crippen molar-refractivity contribution in [2.45, 2.75) is 26.2 Å². The molecule has 0 heterocycles. The third kappa shape index (κ3) is 8.89. The third-order valence-corrected chi connectivity index (χ3v) is 3.95. The van der Waals surface area contributed by atoms with Crippen molar-refractivity contribution in [1.82, 2.24) is 15.1 Å². The lowest BCUT2D eigenvalue weighted by atomic mass is 10.1. The Morgan fingerprint density at radius 3 is 2.54 bits per heavy atom. The van der Waals surface area contributed by atoms with Gasteiger partial charge in [-0.15, -0.1) is 0 Å². The molecular formula is C18H28ClN3O2. The highest BCUT2D eigenvalue weighted by molar-refractivity contribution is 6.30. The predicted molar refractivity (Wildman–Crippen MR) is 98.2 cm³/mol. The maximum Gasteiger partial charge on any atom is 0.221 e. The molecule has 0 spiro atoms. The minimum atomic E-state index is -0.0163. The van der Waals surface area contributed by atoms with E-state index in [4.69, 9.17) is 11.6 Å². The van der Waals surface area contributed by atoms with Gasteiger partial charge >= 0.3 is 0 Å². The van der Waals surface area contributed by atoms with Crippen LogP contribution in [0.1, 0.15) is 25.3 Å². The van der Waals surface area contributed by atoms with Crippen molar-refractivity contribution in [2.24, 2.45) is 0 Å². The Kier molecular flexibility index (Phi) is 9.42. The number of benzene rings is 1. The third-order valence-electron chi connectivity index (χ3n) is 3.72. The van der Waals surface area contributed by atoms with E-state index in [1.807, 2.05) is 38.4 Å². The van der Waals surface area contributed by atoms with Gasteiger partial charge in [0.05, 0.1) is 0 Å². The molecule has 24 heavy (non-hydrogen) atoms. The zero-order valence-electron chi connectivity index (χ0n) is 14.8. The van der Waals surface area contributed by atoms with Crippen LogP contribution in [0.25, 0.3) is 0 Å². The van der Waals surface area contributed by atoms with E-state index in [0.717, 1.165) is 24.9 Å². The molecule has 0 fully saturated rings. The van der Waals surface area contributed by atoms with Crippen LogP contribution in [0.5, 0.6) is 0 Å². The van der Waals surface area contributed by atoms with Gasteiger partial charge in [-0.2, -0.15) is 0 Å². The van der Waals surface area contributed by atoms with Gasteiger partial charge in [-0.3, -0.25) is 9.59 Å². The van der Waals surface area contributed by atoms with Crippen LogP contribution >= 0.6 is 11.6 Å². The Balaban J connectivity index is 2.32. The molecule has 0 aromatic heterocycles. The maximum absolute atomic E-state index is 11.9. The minimum Gasteiger partial charge on any atom is -0.356 e. The first-order valence-corrected chi connectivity index (χ1v) is 8.67. The quantitative estimate of drug-likeness (QED) is 0.656. The molecule has 5 nitrogen and oxygen atoms in total. The first-order chi connectivity index (χ1) is 11.4. The van der Waals surface area contributed by atoms with Gasteiger partial charge in [0.2, 0.25) is 11.8 Å². The van der Waals surface area contributed by atoms with Crippen LogP contribution in [0.3, 0.4) is 0 Å². The molecule has 0 aliphatic heterocycles. The van der Waals surface area contributed by atoms with Crippen molar-refractivity contribution < 1.29 is 9.59 Å². The fourth-order valence-corrected chi connectivity index (χ4v) is 2.54. The van der Waals surface area contributed by atoms with Gasteiger partial charge in [0.25, 0.3) is 0 Å². The summed E-state index contributed by atoms with van der Waals surface area (Å²) in [5.74, 6) is -0.0276. The number of hydrogen-bond donors (Lipinski definition) is 1. The van der Waals surface area contributed by atoms with Gasteiger partial charge in [0.15, 0.2) is 0 Å². The molecule has 0 aliphatic carbocycles. The van der Waals surface area contributed by atoms with Crippen molar-refractivity contribution in [3.05, 3.63) is 34.9 Å². The van der Waals surface area contributed by atoms with E-state index < -0.39 is 0 Å². The van der Waals surface area contributed by atoms with Crippen LogP contribution in [-0.2, 0) is 16.0 Å². The molecule has 1 N–H and O–H groups in total. The highest BCUT2D eigenvalue weighted by Gasteiger charge is 2.11. The minimum absolute atomic E-state index is 0.0113. The summed E-state index contributed by atoms with van der Waals surface area (Å²) in [7, 11) is 4.01. The van der Waals surface area contributed by atoms with Crippen molar-refractivity contribution in [3.63, 3.8) is 0 Å². The van der Waals surface area contributed by atoms with E-state index in [-0.39, 0.29) is 11.8 Å². The van der Waals surface area contributed by atoms with Crippen LogP contribution in [-0.4, -0.2) is 61.9 Å². The Bertz CT molecular complexity index is 535. The first kappa shape index (κ1) is 20.5. The summed E-state index contributed by atoms with van der Waals surface area (Å²) in [6.45, 7) is 4.17. The smallest absolute Gasteiger partial charge is 0.221 e. The fourth-order valence-electron chi connectivity index (χ4n) is 2.33. The Hall–Kier alpha value is -1.59. The zero-order chi connectivity index (χ0) is 17.9. The number of nitrogens with one attached hydrogen (secondary N) is 1. The lowest BCUT2D eigenvalue weighted by Gasteiger charge is -2.21. The number of carbonyl (C=O) groups is 2. The molecule has 0 bridgehead atoms. The van der Waals surface area contributed by atoms with E-state index in [9.17, 15) is 9.59 Å². The van der Waals surface area contributed by atoms with Crippen LogP contribution in [0.15, 0.2) is 24.3 Å². The van der Waals surface area contributed by atoms with Gasteiger partial charge in [-0.05, 0) is 51.2 Å². The normalized spacial score (nSPS) is 10.7. The van der Waals surface area contributed by atoms with E-state index in [0.29, 0.717) is 31.1 Å². The van der Waals surface area contributed by atoms with Crippen molar-refractivity contribution in [1.29, 1.82) is 0 Å². The molecule has 2 amide bonds. The summed E-state index contributed by atoms with van der Waals surface area (Å²) >= 11 is 5.97. The lowest BCUT2D eigenvalue weighted by molar-refractivity contribution is -0.129. The summed E-state index contributed by atoms with van der Waals surface area (Å²) in [5, 5.41) is 3.59. The highest BCUT2D eigenvalue weighted by atomic mass is 35.5. The van der Waals surface area contributed by atoms with E-state index >= 15 is 0 Å². The van der Waals surface area contributed by atoms with E-state index in [1.165, 1.54) is 6.92 Å². The fraction of sp³-hybridized carbons (Fsp3) is 0.556. The van der Waals surface area contributed by atoms with Crippen LogP contribution in [0.4, 0.5) is 0 Å². The monoisotopic (exact) mass is 353 g/mol. The average molecular weight is 354 g/mol. The van der Waals surface area contributed by atoms with Gasteiger partial charge in [0.1, 0.15) is 0 Å². The molecule has 1 aromatic carbocycles. The van der Waals surface area contributed by atoms with E-state index in [2.05, 4.69) is 10.2 Å². The Morgan fingerprint density at radius 2 is 1.92 bits per heavy atom. The standard InChI is InChI=1S/C18H28ClN3O2/c1-15(23)22(12-8-16-6-4-7-17(19)14-16)13-9-18(24)20-10-5-11-21(2)3/h4,6-7,14H,5,8-13H2,1-3H3,(H,20,24). The second-order valence-electron chi connectivity index (χ2n) is 6.14. The highest BCUT2D eigenvalue weighted by Crippen LogP contribution is 2.11. The van der Waals surface area contributed by atoms with E-state index in [1.54, 1.807) is 4.90 Å². The summed E-state index contributed by atoms with van der Waals surface area (Å²) < 4.78 is 0. The lowest BCUT2D eigenvalue weighted by Crippen LogP contribution is -2.35. The summed E-state index contributed by atoms with van der Waals surface area (Å²) in [6, 6.07) is 7.62. The maximum atomic E-state index is 11.9. The number of rotatable bonds is 10. The van der Waals surface area contributed by atoms with Gasteiger partial charge in [-0.1, -0.05) is 23.7 Å². The summed E-state index contributed by atoms with van der Waals surface area (Å²) in [6.07, 6.45) is 1.98. The van der Waals surface area contributed by atoms with Gasteiger partial charge < -0.3 is 15.1 Å².